The highest BCUT2D eigenvalue weighted by Crippen LogP contribution is 2.40. The largest absolute Gasteiger partial charge is 0.481 e. The van der Waals surface area contributed by atoms with E-state index in [2.05, 4.69) is 15.9 Å². The van der Waals surface area contributed by atoms with Gasteiger partial charge in [0.05, 0.1) is 18.4 Å². The number of nitrogens with zero attached hydrogens (tertiary/aromatic N) is 1. The van der Waals surface area contributed by atoms with Gasteiger partial charge in [0.25, 0.3) is 0 Å². The lowest BCUT2D eigenvalue weighted by Gasteiger charge is -2.15. The van der Waals surface area contributed by atoms with E-state index in [-0.39, 0.29) is 11.8 Å². The van der Waals surface area contributed by atoms with Gasteiger partial charge in [0.1, 0.15) is 0 Å². The van der Waals surface area contributed by atoms with E-state index >= 15 is 0 Å². The zero-order valence-electron chi connectivity index (χ0n) is 9.22. The fourth-order valence-corrected chi connectivity index (χ4v) is 3.28. The standard InChI is InChI=1S/C11H12BrNO3S/c1-13(4-7-2-6(12)5-17-7)10(14)8-3-9(8)11(15)16/h2,5,8-9H,3-4H2,1H3,(H,15,16). The first-order chi connectivity index (χ1) is 7.99. The third-order valence-corrected chi connectivity index (χ3v) is 4.50. The topological polar surface area (TPSA) is 57.6 Å². The lowest BCUT2D eigenvalue weighted by atomic mass is 10.3. The number of halogens is 1. The van der Waals surface area contributed by atoms with E-state index in [0.29, 0.717) is 13.0 Å². The first kappa shape index (κ1) is 12.6. The van der Waals surface area contributed by atoms with E-state index in [0.717, 1.165) is 9.35 Å². The van der Waals surface area contributed by atoms with Crippen molar-refractivity contribution in [1.82, 2.24) is 4.90 Å². The van der Waals surface area contributed by atoms with E-state index in [1.54, 1.807) is 23.3 Å². The molecule has 1 aliphatic rings. The molecule has 1 heterocycles. The Morgan fingerprint density at radius 3 is 2.76 bits per heavy atom. The summed E-state index contributed by atoms with van der Waals surface area (Å²) in [6, 6.07) is 1.97. The summed E-state index contributed by atoms with van der Waals surface area (Å²) in [5.74, 6) is -1.72. The molecular formula is C11H12BrNO3S. The predicted molar refractivity (Wildman–Crippen MR) is 67.7 cm³/mol. The van der Waals surface area contributed by atoms with Gasteiger partial charge in [-0.15, -0.1) is 11.3 Å². The van der Waals surface area contributed by atoms with E-state index in [1.165, 1.54) is 0 Å². The monoisotopic (exact) mass is 317 g/mol. The maximum absolute atomic E-state index is 11.9. The van der Waals surface area contributed by atoms with Gasteiger partial charge in [0, 0.05) is 21.8 Å². The number of carboxylic acids is 1. The number of carbonyl (C=O) groups is 2. The molecule has 1 fully saturated rings. The summed E-state index contributed by atoms with van der Waals surface area (Å²) >= 11 is 4.94. The minimum atomic E-state index is -0.865. The number of aliphatic carboxylic acids is 1. The molecule has 2 atom stereocenters. The summed E-state index contributed by atoms with van der Waals surface area (Å²) in [5, 5.41) is 10.7. The second-order valence-corrected chi connectivity index (χ2v) is 6.12. The maximum Gasteiger partial charge on any atom is 0.307 e. The van der Waals surface area contributed by atoms with Gasteiger partial charge >= 0.3 is 5.97 Å². The van der Waals surface area contributed by atoms with Crippen molar-refractivity contribution in [1.29, 1.82) is 0 Å². The molecule has 2 rings (SSSR count). The Labute approximate surface area is 111 Å². The van der Waals surface area contributed by atoms with Gasteiger partial charge in [-0.1, -0.05) is 0 Å². The van der Waals surface area contributed by atoms with Gasteiger partial charge in [0.15, 0.2) is 0 Å². The van der Waals surface area contributed by atoms with Crippen LogP contribution < -0.4 is 0 Å². The van der Waals surface area contributed by atoms with Crippen molar-refractivity contribution in [3.63, 3.8) is 0 Å². The number of thiophene rings is 1. The summed E-state index contributed by atoms with van der Waals surface area (Å²) in [6.07, 6.45) is 0.479. The molecule has 0 saturated heterocycles. The lowest BCUT2D eigenvalue weighted by molar-refractivity contribution is -0.141. The fraction of sp³-hybridized carbons (Fsp3) is 0.455. The fourth-order valence-electron chi connectivity index (χ4n) is 1.77. The number of carbonyl (C=O) groups excluding carboxylic acids is 1. The van der Waals surface area contributed by atoms with Crippen molar-refractivity contribution < 1.29 is 14.7 Å². The minimum Gasteiger partial charge on any atom is -0.481 e. The van der Waals surface area contributed by atoms with Crippen LogP contribution in [0.3, 0.4) is 0 Å². The lowest BCUT2D eigenvalue weighted by Crippen LogP contribution is -2.28. The third-order valence-electron chi connectivity index (χ3n) is 2.82. The highest BCUT2D eigenvalue weighted by molar-refractivity contribution is 9.10. The van der Waals surface area contributed by atoms with Gasteiger partial charge in [-0.05, 0) is 28.4 Å². The molecule has 17 heavy (non-hydrogen) atoms. The molecule has 0 spiro atoms. The average Bonchev–Trinajstić information content (AvgIpc) is 2.96. The average molecular weight is 318 g/mol. The summed E-state index contributed by atoms with van der Waals surface area (Å²) in [7, 11) is 1.72. The molecular weight excluding hydrogens is 306 g/mol. The number of hydrogen-bond donors (Lipinski definition) is 1. The summed E-state index contributed by atoms with van der Waals surface area (Å²) in [5.41, 5.74) is 0. The molecule has 0 aliphatic heterocycles. The van der Waals surface area contributed by atoms with Crippen molar-refractivity contribution in [3.8, 4) is 0 Å². The van der Waals surface area contributed by atoms with Gasteiger partial charge in [-0.2, -0.15) is 0 Å². The van der Waals surface area contributed by atoms with Crippen molar-refractivity contribution in [2.24, 2.45) is 11.8 Å². The van der Waals surface area contributed by atoms with Crippen LogP contribution in [0.2, 0.25) is 0 Å². The van der Waals surface area contributed by atoms with Crippen molar-refractivity contribution in [3.05, 3.63) is 20.8 Å². The molecule has 1 aliphatic carbocycles. The summed E-state index contributed by atoms with van der Waals surface area (Å²) in [6.45, 7) is 0.540. The van der Waals surface area contributed by atoms with Gasteiger partial charge in [0.2, 0.25) is 5.91 Å². The molecule has 1 aromatic heterocycles. The van der Waals surface area contributed by atoms with Crippen molar-refractivity contribution in [2.45, 2.75) is 13.0 Å². The smallest absolute Gasteiger partial charge is 0.307 e. The van der Waals surface area contributed by atoms with Crippen LogP contribution in [0.1, 0.15) is 11.3 Å². The minimum absolute atomic E-state index is 0.0677. The zero-order valence-corrected chi connectivity index (χ0v) is 11.6. The van der Waals surface area contributed by atoms with E-state index in [1.807, 2.05) is 11.4 Å². The molecule has 0 radical (unpaired) electrons. The molecule has 1 aromatic rings. The molecule has 0 bridgehead atoms. The summed E-state index contributed by atoms with van der Waals surface area (Å²) in [4.78, 5) is 25.3. The predicted octanol–water partition coefficient (Wildman–Crippen LogP) is 2.19. The molecule has 0 aromatic carbocycles. The molecule has 1 amide bonds. The molecule has 6 heteroatoms. The maximum atomic E-state index is 11.9. The Bertz CT molecular complexity index is 459. The quantitative estimate of drug-likeness (QED) is 0.926. The van der Waals surface area contributed by atoms with E-state index in [4.69, 9.17) is 5.11 Å². The second kappa shape index (κ2) is 4.78. The first-order valence-electron chi connectivity index (χ1n) is 5.19. The molecule has 2 unspecified atom stereocenters. The summed E-state index contributed by atoms with van der Waals surface area (Å²) < 4.78 is 1.01. The van der Waals surface area contributed by atoms with Crippen LogP contribution in [0, 0.1) is 11.8 Å². The van der Waals surface area contributed by atoms with Crippen LogP contribution in [0.5, 0.6) is 0 Å². The highest BCUT2D eigenvalue weighted by atomic mass is 79.9. The van der Waals surface area contributed by atoms with Crippen molar-refractivity contribution in [2.75, 3.05) is 7.05 Å². The molecule has 4 nitrogen and oxygen atoms in total. The van der Waals surface area contributed by atoms with Crippen LogP contribution in [0.25, 0.3) is 0 Å². The highest BCUT2D eigenvalue weighted by Gasteiger charge is 2.49. The Hall–Kier alpha value is -0.880. The molecule has 92 valence electrons. The Balaban J connectivity index is 1.91. The van der Waals surface area contributed by atoms with Gasteiger partial charge in [-0.3, -0.25) is 9.59 Å². The van der Waals surface area contributed by atoms with Gasteiger partial charge in [-0.25, -0.2) is 0 Å². The SMILES string of the molecule is CN(Cc1cc(Br)cs1)C(=O)C1CC1C(=O)O. The normalized spacial score (nSPS) is 22.2. The number of amides is 1. The van der Waals surface area contributed by atoms with Crippen LogP contribution >= 0.6 is 27.3 Å². The van der Waals surface area contributed by atoms with Crippen LogP contribution in [0.4, 0.5) is 0 Å². The Kier molecular flexibility index (Phi) is 3.53. The van der Waals surface area contributed by atoms with E-state index in [9.17, 15) is 9.59 Å². The Morgan fingerprint density at radius 2 is 2.29 bits per heavy atom. The first-order valence-corrected chi connectivity index (χ1v) is 6.87. The molecule has 1 N–H and O–H groups in total. The number of rotatable bonds is 4. The van der Waals surface area contributed by atoms with Crippen LogP contribution in [0.15, 0.2) is 15.9 Å². The molecule has 1 saturated carbocycles. The van der Waals surface area contributed by atoms with Crippen molar-refractivity contribution >= 4 is 39.1 Å². The third kappa shape index (κ3) is 2.87. The van der Waals surface area contributed by atoms with E-state index < -0.39 is 11.9 Å². The Morgan fingerprint density at radius 1 is 1.59 bits per heavy atom. The number of hydrogen-bond acceptors (Lipinski definition) is 3. The van der Waals surface area contributed by atoms with Crippen LogP contribution in [-0.4, -0.2) is 28.9 Å². The number of carboxylic acid groups (broad SMARTS) is 1. The zero-order chi connectivity index (χ0) is 12.6. The second-order valence-electron chi connectivity index (χ2n) is 4.21. The van der Waals surface area contributed by atoms with Crippen LogP contribution in [-0.2, 0) is 16.1 Å². The van der Waals surface area contributed by atoms with Gasteiger partial charge < -0.3 is 10.0 Å².